The fourth-order valence-electron chi connectivity index (χ4n) is 2.02. The van der Waals surface area contributed by atoms with Crippen molar-refractivity contribution in [1.82, 2.24) is 4.67 Å². The van der Waals surface area contributed by atoms with Crippen molar-refractivity contribution in [2.75, 3.05) is 26.5 Å². The molecule has 0 heterocycles. The first-order chi connectivity index (χ1) is 9.00. The van der Waals surface area contributed by atoms with Crippen LogP contribution in [0.25, 0.3) is 0 Å². The van der Waals surface area contributed by atoms with E-state index < -0.39 is 8.30 Å². The third-order valence-electron chi connectivity index (χ3n) is 2.68. The molecular weight excluding hydrogens is 257 g/mol. The molecular formula is C15H36NO2P. The van der Waals surface area contributed by atoms with Gasteiger partial charge < -0.3 is 9.26 Å². The van der Waals surface area contributed by atoms with Crippen molar-refractivity contribution in [3.8, 4) is 0 Å². The van der Waals surface area contributed by atoms with Gasteiger partial charge in [-0.25, -0.2) is 0 Å². The van der Waals surface area contributed by atoms with Crippen LogP contribution in [0.4, 0.5) is 0 Å². The molecule has 0 N–H and O–H groups in total. The molecule has 0 rings (SSSR count). The minimum atomic E-state index is -0.525. The van der Waals surface area contributed by atoms with Crippen LogP contribution in [0.1, 0.15) is 62.7 Å². The SMILES string of the molecule is C.[3H]CCCCCOCCOP(C)N(C(C)C)C(C)C. The Hall–Kier alpha value is 0.310. The highest BCUT2D eigenvalue weighted by molar-refractivity contribution is 7.49. The lowest BCUT2D eigenvalue weighted by molar-refractivity contribution is 0.0972. The van der Waals surface area contributed by atoms with E-state index in [2.05, 4.69) is 39.0 Å². The van der Waals surface area contributed by atoms with Crippen molar-refractivity contribution in [1.29, 1.82) is 0 Å². The molecule has 118 valence electrons. The quantitative estimate of drug-likeness (QED) is 0.399. The highest BCUT2D eigenvalue weighted by atomic mass is 31.2. The second kappa shape index (κ2) is 13.3. The topological polar surface area (TPSA) is 21.7 Å². The van der Waals surface area contributed by atoms with Crippen LogP contribution in [-0.4, -0.2) is 43.2 Å². The van der Waals surface area contributed by atoms with Gasteiger partial charge >= 0.3 is 0 Å². The van der Waals surface area contributed by atoms with E-state index in [4.69, 9.17) is 10.6 Å². The fraction of sp³-hybridized carbons (Fsp3) is 1.00. The van der Waals surface area contributed by atoms with E-state index in [-0.39, 0.29) is 7.43 Å². The summed E-state index contributed by atoms with van der Waals surface area (Å²) in [4.78, 5) is 0. The zero-order valence-corrected chi connectivity index (χ0v) is 13.7. The molecule has 0 saturated heterocycles. The predicted molar refractivity (Wildman–Crippen MR) is 88.0 cm³/mol. The molecule has 0 aliphatic rings. The average Bonchev–Trinajstić information content (AvgIpc) is 2.31. The third kappa shape index (κ3) is 10.7. The first-order valence-corrected chi connectivity index (χ1v) is 8.68. The van der Waals surface area contributed by atoms with E-state index in [1.807, 2.05) is 0 Å². The summed E-state index contributed by atoms with van der Waals surface area (Å²) in [6, 6.07) is 1.03. The van der Waals surface area contributed by atoms with E-state index in [9.17, 15) is 0 Å². The van der Waals surface area contributed by atoms with Crippen LogP contribution >= 0.6 is 8.30 Å². The van der Waals surface area contributed by atoms with Crippen molar-refractivity contribution >= 4 is 8.30 Å². The molecule has 1 atom stereocenters. The van der Waals surface area contributed by atoms with Gasteiger partial charge in [0.25, 0.3) is 0 Å². The number of hydrogen-bond acceptors (Lipinski definition) is 3. The van der Waals surface area contributed by atoms with Gasteiger partial charge in [-0.05, 0) is 40.8 Å². The van der Waals surface area contributed by atoms with Crippen LogP contribution in [0.15, 0.2) is 0 Å². The summed E-state index contributed by atoms with van der Waals surface area (Å²) < 4.78 is 20.9. The molecule has 1 unspecified atom stereocenters. The largest absolute Gasteiger partial charge is 0.379 e. The van der Waals surface area contributed by atoms with Crippen LogP contribution in [-0.2, 0) is 9.26 Å². The highest BCUT2D eigenvalue weighted by Gasteiger charge is 2.20. The Bertz CT molecular complexity index is 198. The molecule has 3 nitrogen and oxygen atoms in total. The second-order valence-electron chi connectivity index (χ2n) is 5.04. The van der Waals surface area contributed by atoms with Crippen molar-refractivity contribution < 1.29 is 10.6 Å². The van der Waals surface area contributed by atoms with Gasteiger partial charge in [0.05, 0.1) is 13.2 Å². The van der Waals surface area contributed by atoms with E-state index in [1.54, 1.807) is 0 Å². The van der Waals surface area contributed by atoms with Crippen LogP contribution in [0.5, 0.6) is 0 Å². The maximum Gasteiger partial charge on any atom is 0.101 e. The third-order valence-corrected chi connectivity index (χ3v) is 4.81. The Labute approximate surface area is 124 Å². The van der Waals surface area contributed by atoms with Gasteiger partial charge in [-0.15, -0.1) is 0 Å². The molecule has 4 heteroatoms. The van der Waals surface area contributed by atoms with Crippen molar-refractivity contribution in [2.24, 2.45) is 0 Å². The number of unbranched alkanes of at least 4 members (excludes halogenated alkanes) is 2. The van der Waals surface area contributed by atoms with Crippen LogP contribution in [0.3, 0.4) is 0 Å². The molecule has 19 heavy (non-hydrogen) atoms. The summed E-state index contributed by atoms with van der Waals surface area (Å²) in [6.07, 6.45) is 3.14. The fourth-order valence-corrected chi connectivity index (χ4v) is 3.80. The molecule has 0 fully saturated rings. The van der Waals surface area contributed by atoms with E-state index in [0.717, 1.165) is 25.9 Å². The second-order valence-corrected chi connectivity index (χ2v) is 6.69. The Morgan fingerprint density at radius 3 is 2.21 bits per heavy atom. The molecule has 0 aromatic carbocycles. The Kier molecular flexibility index (Phi) is 13.5. The van der Waals surface area contributed by atoms with Gasteiger partial charge in [0.2, 0.25) is 0 Å². The standard InChI is InChI=1S/C14H32NO2P.CH4/c1-7-8-9-10-16-11-12-17-18(6)15(13(2)3)14(4)5;/h13-14H,7-12H2,1-6H3;1H4/i1T;. The smallest absolute Gasteiger partial charge is 0.101 e. The summed E-state index contributed by atoms with van der Waals surface area (Å²) in [5.74, 6) is 0. The monoisotopic (exact) mass is 295 g/mol. The van der Waals surface area contributed by atoms with Crippen molar-refractivity contribution in [3.05, 3.63) is 0 Å². The Morgan fingerprint density at radius 1 is 1.05 bits per heavy atom. The van der Waals surface area contributed by atoms with Gasteiger partial charge in [0, 0.05) is 20.1 Å². The summed E-state index contributed by atoms with van der Waals surface area (Å²) in [6.45, 7) is 13.7. The molecule has 0 aromatic heterocycles. The first-order valence-electron chi connectivity index (χ1n) is 7.73. The minimum absolute atomic E-state index is 0. The van der Waals surface area contributed by atoms with Crippen molar-refractivity contribution in [3.63, 3.8) is 0 Å². The van der Waals surface area contributed by atoms with Gasteiger partial charge in [-0.2, -0.15) is 0 Å². The molecule has 0 aliphatic carbocycles. The Morgan fingerprint density at radius 2 is 1.68 bits per heavy atom. The molecule has 0 bridgehead atoms. The number of rotatable bonds is 11. The van der Waals surface area contributed by atoms with Gasteiger partial charge in [0.1, 0.15) is 8.30 Å². The lowest BCUT2D eigenvalue weighted by Gasteiger charge is -2.35. The van der Waals surface area contributed by atoms with E-state index in [1.165, 1.54) is 0 Å². The van der Waals surface area contributed by atoms with Crippen molar-refractivity contribution in [2.45, 2.75) is 73.4 Å². The van der Waals surface area contributed by atoms with Crippen LogP contribution in [0.2, 0.25) is 0 Å². The first kappa shape index (κ1) is 19.3. The molecule has 0 aliphatic heterocycles. The molecule has 0 amide bonds. The predicted octanol–water partition coefficient (Wildman–Crippen LogP) is 4.91. The van der Waals surface area contributed by atoms with E-state index in [0.29, 0.717) is 32.2 Å². The zero-order valence-electron chi connectivity index (χ0n) is 13.8. The molecule has 0 aromatic rings. The van der Waals surface area contributed by atoms with Gasteiger partial charge in [0.15, 0.2) is 0 Å². The lowest BCUT2D eigenvalue weighted by atomic mass is 10.3. The lowest BCUT2D eigenvalue weighted by Crippen LogP contribution is -2.32. The van der Waals surface area contributed by atoms with Gasteiger partial charge in [-0.3, -0.25) is 4.67 Å². The number of hydrogen-bond donors (Lipinski definition) is 0. The summed E-state index contributed by atoms with van der Waals surface area (Å²) in [7, 11) is -0.525. The normalized spacial score (nSPS) is 13.8. The molecule has 0 saturated carbocycles. The summed E-state index contributed by atoms with van der Waals surface area (Å²) in [5, 5.41) is 0. The van der Waals surface area contributed by atoms with Crippen LogP contribution in [0, 0.1) is 0 Å². The Balaban J connectivity index is 0. The average molecular weight is 295 g/mol. The van der Waals surface area contributed by atoms with Crippen LogP contribution < -0.4 is 0 Å². The molecule has 0 spiro atoms. The maximum atomic E-state index is 7.04. The summed E-state index contributed by atoms with van der Waals surface area (Å²) in [5.41, 5.74) is 0. The van der Waals surface area contributed by atoms with Gasteiger partial charge in [-0.1, -0.05) is 27.2 Å². The minimum Gasteiger partial charge on any atom is -0.379 e. The number of ether oxygens (including phenoxy) is 1. The number of nitrogens with zero attached hydrogens (tertiary/aromatic N) is 1. The highest BCUT2D eigenvalue weighted by Crippen LogP contribution is 2.40. The summed E-state index contributed by atoms with van der Waals surface area (Å²) >= 11 is 0. The van der Waals surface area contributed by atoms with E-state index >= 15 is 0 Å². The maximum absolute atomic E-state index is 7.04. The molecule has 0 radical (unpaired) electrons. The zero-order chi connectivity index (χ0) is 14.7.